The molecule has 2 aliphatic carbocycles. The summed E-state index contributed by atoms with van der Waals surface area (Å²) in [6, 6.07) is 7.31. The molecule has 0 spiro atoms. The molecular formula is C26H29F3. The summed E-state index contributed by atoms with van der Waals surface area (Å²) in [4.78, 5) is 0. The summed E-state index contributed by atoms with van der Waals surface area (Å²) in [5, 5.41) is 0. The molecule has 0 radical (unpaired) electrons. The van der Waals surface area contributed by atoms with Gasteiger partial charge >= 0.3 is 0 Å². The lowest BCUT2D eigenvalue weighted by Gasteiger charge is -2.42. The number of allylic oxidation sites excluding steroid dienone is 2. The summed E-state index contributed by atoms with van der Waals surface area (Å²) >= 11 is 0. The average Bonchev–Trinajstić information content (AvgIpc) is 2.70. The van der Waals surface area contributed by atoms with Crippen LogP contribution in [0, 0.1) is 42.1 Å². The molecule has 154 valence electrons. The van der Waals surface area contributed by atoms with Crippen LogP contribution in [0.15, 0.2) is 42.5 Å². The number of fused-ring (bicyclic) bond motifs is 1. The molecule has 0 heterocycles. The van der Waals surface area contributed by atoms with Gasteiger partial charge in [0.2, 0.25) is 0 Å². The van der Waals surface area contributed by atoms with Gasteiger partial charge in [-0.05, 0) is 111 Å². The Morgan fingerprint density at radius 1 is 0.828 bits per heavy atom. The minimum Gasteiger partial charge on any atom is -0.207 e. The monoisotopic (exact) mass is 398 g/mol. The molecule has 0 bridgehead atoms. The molecule has 29 heavy (non-hydrogen) atoms. The zero-order valence-electron chi connectivity index (χ0n) is 17.2. The molecule has 4 rings (SSSR count). The van der Waals surface area contributed by atoms with Gasteiger partial charge in [-0.15, -0.1) is 0 Å². The molecular weight excluding hydrogens is 369 g/mol. The van der Waals surface area contributed by atoms with Gasteiger partial charge in [0, 0.05) is 0 Å². The number of rotatable bonds is 3. The van der Waals surface area contributed by atoms with Gasteiger partial charge in [-0.25, -0.2) is 13.2 Å². The molecule has 0 amide bonds. The first-order valence-electron chi connectivity index (χ1n) is 10.8. The van der Waals surface area contributed by atoms with E-state index in [2.05, 4.69) is 19.1 Å². The second kappa shape index (κ2) is 8.38. The highest BCUT2D eigenvalue weighted by Crippen LogP contribution is 2.48. The van der Waals surface area contributed by atoms with Crippen molar-refractivity contribution in [3.05, 3.63) is 71.1 Å². The van der Waals surface area contributed by atoms with Crippen LogP contribution in [0.2, 0.25) is 0 Å². The Balaban J connectivity index is 1.54. The lowest BCUT2D eigenvalue weighted by atomic mass is 9.64. The number of halogens is 3. The van der Waals surface area contributed by atoms with Crippen LogP contribution in [0.25, 0.3) is 11.1 Å². The second-order valence-corrected chi connectivity index (χ2v) is 8.95. The summed E-state index contributed by atoms with van der Waals surface area (Å²) in [6.45, 7) is 3.72. The molecule has 0 saturated heterocycles. The van der Waals surface area contributed by atoms with Crippen molar-refractivity contribution >= 4 is 0 Å². The molecule has 0 aliphatic heterocycles. The molecule has 4 atom stereocenters. The van der Waals surface area contributed by atoms with E-state index in [4.69, 9.17) is 0 Å². The molecule has 3 heteroatoms. The van der Waals surface area contributed by atoms with E-state index in [-0.39, 0.29) is 17.0 Å². The van der Waals surface area contributed by atoms with Crippen LogP contribution >= 0.6 is 0 Å². The van der Waals surface area contributed by atoms with E-state index in [1.165, 1.54) is 37.5 Å². The lowest BCUT2D eigenvalue weighted by Crippen LogP contribution is -2.30. The SMILES string of the molecule is C/C=C/C1CCC2CC(c3cc(F)c(-c4ccc(C)c(F)c4)c(F)c3)CCC2C1. The first-order valence-corrected chi connectivity index (χ1v) is 10.8. The molecule has 2 saturated carbocycles. The standard InChI is InChI=1S/C26H29F3/c1-3-4-17-6-8-19-12-20(10-9-18(19)11-17)22-14-24(28)26(25(29)15-22)21-7-5-16(2)23(27)13-21/h3-5,7,13-15,17-20H,6,8-12H2,1-2H3/b4-3+. The van der Waals surface area contributed by atoms with Crippen LogP contribution in [0.5, 0.6) is 0 Å². The van der Waals surface area contributed by atoms with E-state index in [0.29, 0.717) is 17.4 Å². The van der Waals surface area contributed by atoms with Gasteiger partial charge in [-0.2, -0.15) is 0 Å². The zero-order chi connectivity index (χ0) is 20.5. The van der Waals surface area contributed by atoms with Crippen LogP contribution in [0.1, 0.15) is 62.5 Å². The highest BCUT2D eigenvalue weighted by molar-refractivity contribution is 5.66. The Hall–Kier alpha value is -2.03. The van der Waals surface area contributed by atoms with E-state index in [9.17, 15) is 13.2 Å². The summed E-state index contributed by atoms with van der Waals surface area (Å²) in [6.07, 6.45) is 11.3. The first kappa shape index (κ1) is 20.3. The minimum atomic E-state index is -0.595. The predicted octanol–water partition coefficient (Wildman–Crippen LogP) is 7.96. The van der Waals surface area contributed by atoms with Gasteiger partial charge in [0.1, 0.15) is 17.5 Å². The third kappa shape index (κ3) is 4.15. The first-order chi connectivity index (χ1) is 14.0. The highest BCUT2D eigenvalue weighted by Gasteiger charge is 2.35. The molecule has 4 unspecified atom stereocenters. The molecule has 2 aliphatic rings. The second-order valence-electron chi connectivity index (χ2n) is 8.95. The van der Waals surface area contributed by atoms with Gasteiger partial charge in [0.05, 0.1) is 5.56 Å². The van der Waals surface area contributed by atoms with Crippen molar-refractivity contribution in [3.8, 4) is 11.1 Å². The maximum atomic E-state index is 14.9. The van der Waals surface area contributed by atoms with E-state index in [1.807, 2.05) is 0 Å². The quantitative estimate of drug-likeness (QED) is 0.460. The van der Waals surface area contributed by atoms with Crippen molar-refractivity contribution in [2.45, 2.75) is 58.3 Å². The van der Waals surface area contributed by atoms with Crippen molar-refractivity contribution in [3.63, 3.8) is 0 Å². The summed E-state index contributed by atoms with van der Waals surface area (Å²) in [5.41, 5.74) is 1.34. The van der Waals surface area contributed by atoms with E-state index >= 15 is 0 Å². The van der Waals surface area contributed by atoms with Crippen molar-refractivity contribution in [1.82, 2.24) is 0 Å². The third-order valence-electron chi connectivity index (χ3n) is 7.11. The zero-order valence-corrected chi connectivity index (χ0v) is 17.2. The normalized spacial score (nSPS) is 27.2. The summed E-state index contributed by atoms with van der Waals surface area (Å²) in [5.74, 6) is 0.670. The fraction of sp³-hybridized carbons (Fsp3) is 0.462. The van der Waals surface area contributed by atoms with Crippen molar-refractivity contribution in [1.29, 1.82) is 0 Å². The Morgan fingerprint density at radius 2 is 1.52 bits per heavy atom. The Kier molecular flexibility index (Phi) is 5.85. The van der Waals surface area contributed by atoms with Crippen LogP contribution in [0.4, 0.5) is 13.2 Å². The van der Waals surface area contributed by atoms with E-state index in [1.54, 1.807) is 19.1 Å². The van der Waals surface area contributed by atoms with Crippen molar-refractivity contribution in [2.24, 2.45) is 17.8 Å². The van der Waals surface area contributed by atoms with Gasteiger partial charge in [0.15, 0.2) is 0 Å². The van der Waals surface area contributed by atoms with Crippen LogP contribution in [-0.4, -0.2) is 0 Å². The number of hydrogen-bond donors (Lipinski definition) is 0. The lowest BCUT2D eigenvalue weighted by molar-refractivity contribution is 0.133. The van der Waals surface area contributed by atoms with Gasteiger partial charge in [0.25, 0.3) is 0 Å². The van der Waals surface area contributed by atoms with Gasteiger partial charge in [-0.1, -0.05) is 24.3 Å². The Bertz CT molecular complexity index is 891. The Morgan fingerprint density at radius 3 is 2.21 bits per heavy atom. The molecule has 0 aromatic heterocycles. The fourth-order valence-electron chi connectivity index (χ4n) is 5.53. The predicted molar refractivity (Wildman–Crippen MR) is 112 cm³/mol. The van der Waals surface area contributed by atoms with Crippen molar-refractivity contribution < 1.29 is 13.2 Å². The fourth-order valence-corrected chi connectivity index (χ4v) is 5.53. The average molecular weight is 399 g/mol. The molecule has 0 N–H and O–H groups in total. The Labute approximate surface area is 171 Å². The maximum Gasteiger partial charge on any atom is 0.134 e. The summed E-state index contributed by atoms with van der Waals surface area (Å²) < 4.78 is 43.6. The van der Waals surface area contributed by atoms with Crippen LogP contribution < -0.4 is 0 Å². The van der Waals surface area contributed by atoms with Crippen LogP contribution in [0.3, 0.4) is 0 Å². The number of benzene rings is 2. The van der Waals surface area contributed by atoms with Crippen LogP contribution in [-0.2, 0) is 0 Å². The van der Waals surface area contributed by atoms with Gasteiger partial charge in [-0.3, -0.25) is 0 Å². The molecule has 2 aromatic carbocycles. The smallest absolute Gasteiger partial charge is 0.134 e. The molecule has 0 nitrogen and oxygen atoms in total. The highest BCUT2D eigenvalue weighted by atomic mass is 19.1. The minimum absolute atomic E-state index is 0.131. The topological polar surface area (TPSA) is 0 Å². The largest absolute Gasteiger partial charge is 0.207 e. The maximum absolute atomic E-state index is 14.9. The molecule has 2 aromatic rings. The van der Waals surface area contributed by atoms with E-state index < -0.39 is 17.5 Å². The number of aryl methyl sites for hydroxylation is 1. The summed E-state index contributed by atoms with van der Waals surface area (Å²) in [7, 11) is 0. The van der Waals surface area contributed by atoms with Crippen molar-refractivity contribution in [2.75, 3.05) is 0 Å². The third-order valence-corrected chi connectivity index (χ3v) is 7.11. The number of hydrogen-bond acceptors (Lipinski definition) is 0. The van der Waals surface area contributed by atoms with Gasteiger partial charge < -0.3 is 0 Å². The molecule has 2 fully saturated rings. The van der Waals surface area contributed by atoms with E-state index in [0.717, 1.165) is 30.7 Å².